The van der Waals surface area contributed by atoms with Crippen LogP contribution in [0.5, 0.6) is 5.75 Å². The molecule has 7 nitrogen and oxygen atoms in total. The van der Waals surface area contributed by atoms with E-state index in [1.807, 2.05) is 0 Å². The van der Waals surface area contributed by atoms with Crippen LogP contribution in [0.1, 0.15) is 25.1 Å². The Morgan fingerprint density at radius 3 is 2.43 bits per heavy atom. The Kier molecular flexibility index (Phi) is 6.97. The maximum atomic E-state index is 12.1. The van der Waals surface area contributed by atoms with Gasteiger partial charge in [-0.1, -0.05) is 6.07 Å². The van der Waals surface area contributed by atoms with E-state index in [0.717, 1.165) is 24.3 Å². The third kappa shape index (κ3) is 6.82. The summed E-state index contributed by atoms with van der Waals surface area (Å²) in [6.07, 6.45) is -3.39. The van der Waals surface area contributed by atoms with Gasteiger partial charge in [0.25, 0.3) is 0 Å². The number of nitrogens with one attached hydrogen (secondary N) is 2. The molecule has 2 N–H and O–H groups in total. The Morgan fingerprint density at radius 1 is 1.18 bits per heavy atom. The largest absolute Gasteiger partial charge is 0.573 e. The van der Waals surface area contributed by atoms with Gasteiger partial charge < -0.3 is 10.1 Å². The smallest absolute Gasteiger partial charge is 0.406 e. The summed E-state index contributed by atoms with van der Waals surface area (Å²) < 4.78 is 66.5. The summed E-state index contributed by atoms with van der Waals surface area (Å²) >= 11 is 0. The van der Waals surface area contributed by atoms with E-state index < -0.39 is 22.1 Å². The first kappa shape index (κ1) is 21.6. The Bertz CT molecular complexity index is 888. The van der Waals surface area contributed by atoms with Gasteiger partial charge in [0, 0.05) is 19.2 Å². The summed E-state index contributed by atoms with van der Waals surface area (Å²) in [6, 6.07) is 8.68. The summed E-state index contributed by atoms with van der Waals surface area (Å²) in [5.74, 6) is -0.913. The minimum absolute atomic E-state index is 0.119. The van der Waals surface area contributed by atoms with Crippen LogP contribution in [-0.2, 0) is 14.8 Å². The first-order valence-corrected chi connectivity index (χ1v) is 9.61. The monoisotopic (exact) mass is 417 g/mol. The number of aromatic nitrogens is 1. The van der Waals surface area contributed by atoms with Crippen LogP contribution >= 0.6 is 0 Å². The van der Waals surface area contributed by atoms with Gasteiger partial charge in [0.15, 0.2) is 0 Å². The molecule has 2 rings (SSSR count). The summed E-state index contributed by atoms with van der Waals surface area (Å²) in [6.45, 7) is 1.57. The van der Waals surface area contributed by atoms with Crippen LogP contribution in [0.15, 0.2) is 53.6 Å². The fourth-order valence-corrected chi connectivity index (χ4v) is 3.25. The van der Waals surface area contributed by atoms with Crippen molar-refractivity contribution in [2.75, 3.05) is 6.54 Å². The number of ether oxygens (including phenoxy) is 1. The van der Waals surface area contributed by atoms with Gasteiger partial charge in [0.1, 0.15) is 5.75 Å². The molecule has 1 amide bonds. The van der Waals surface area contributed by atoms with E-state index in [4.69, 9.17) is 0 Å². The summed E-state index contributed by atoms with van der Waals surface area (Å²) in [4.78, 5) is 15.8. The van der Waals surface area contributed by atoms with E-state index in [9.17, 15) is 26.4 Å². The highest BCUT2D eigenvalue weighted by molar-refractivity contribution is 7.89. The quantitative estimate of drug-likeness (QED) is 0.688. The van der Waals surface area contributed by atoms with Crippen molar-refractivity contribution >= 4 is 15.9 Å². The number of carbonyl (C=O) groups is 1. The van der Waals surface area contributed by atoms with Crippen LogP contribution in [0.25, 0.3) is 0 Å². The number of nitrogens with zero attached hydrogens (tertiary/aromatic N) is 1. The van der Waals surface area contributed by atoms with Gasteiger partial charge in [-0.15, -0.1) is 13.2 Å². The molecule has 0 spiro atoms. The number of pyridine rings is 1. The number of alkyl halides is 3. The van der Waals surface area contributed by atoms with E-state index in [-0.39, 0.29) is 29.8 Å². The SMILES string of the molecule is CC(NC(=O)CCNS(=O)(=O)c1ccc(OC(F)(F)F)cc1)c1ccccn1. The van der Waals surface area contributed by atoms with Crippen molar-refractivity contribution in [3.63, 3.8) is 0 Å². The highest BCUT2D eigenvalue weighted by atomic mass is 32.2. The minimum atomic E-state index is -4.86. The lowest BCUT2D eigenvalue weighted by molar-refractivity contribution is -0.274. The van der Waals surface area contributed by atoms with Crippen LogP contribution in [0.3, 0.4) is 0 Å². The van der Waals surface area contributed by atoms with Crippen LogP contribution < -0.4 is 14.8 Å². The fraction of sp³-hybridized carbons (Fsp3) is 0.294. The van der Waals surface area contributed by atoms with Gasteiger partial charge in [-0.25, -0.2) is 13.1 Å². The van der Waals surface area contributed by atoms with Crippen LogP contribution in [0.2, 0.25) is 0 Å². The van der Waals surface area contributed by atoms with Crippen molar-refractivity contribution in [2.45, 2.75) is 30.6 Å². The molecule has 0 fully saturated rings. The molecule has 0 bridgehead atoms. The number of amides is 1. The number of halogens is 3. The van der Waals surface area contributed by atoms with E-state index in [0.29, 0.717) is 5.69 Å². The number of rotatable bonds is 8. The normalized spacial score (nSPS) is 13.0. The molecular weight excluding hydrogens is 399 g/mol. The van der Waals surface area contributed by atoms with E-state index in [2.05, 4.69) is 19.8 Å². The molecule has 28 heavy (non-hydrogen) atoms. The van der Waals surface area contributed by atoms with Crippen molar-refractivity contribution in [3.8, 4) is 5.75 Å². The van der Waals surface area contributed by atoms with E-state index in [1.54, 1.807) is 31.3 Å². The average molecular weight is 417 g/mol. The standard InChI is InChI=1S/C17H18F3N3O4S/c1-12(15-4-2-3-10-21-15)23-16(24)9-11-22-28(25,26)14-7-5-13(6-8-14)27-17(18,19)20/h2-8,10,12,22H,9,11H2,1H3,(H,23,24). The van der Waals surface area contributed by atoms with Crippen LogP contribution in [0, 0.1) is 0 Å². The highest BCUT2D eigenvalue weighted by Crippen LogP contribution is 2.23. The first-order chi connectivity index (χ1) is 13.1. The third-order valence-corrected chi connectivity index (χ3v) is 5.00. The maximum absolute atomic E-state index is 12.1. The summed E-state index contributed by atoms with van der Waals surface area (Å²) in [5, 5.41) is 2.69. The lowest BCUT2D eigenvalue weighted by atomic mass is 10.2. The summed E-state index contributed by atoms with van der Waals surface area (Å²) in [5.41, 5.74) is 0.664. The second-order valence-corrected chi connectivity index (χ2v) is 7.48. The Balaban J connectivity index is 1.85. The van der Waals surface area contributed by atoms with E-state index in [1.165, 1.54) is 0 Å². The lowest BCUT2D eigenvalue weighted by Crippen LogP contribution is -2.32. The number of benzene rings is 1. The van der Waals surface area contributed by atoms with Gasteiger partial charge in [-0.05, 0) is 43.3 Å². The Morgan fingerprint density at radius 2 is 1.86 bits per heavy atom. The molecule has 1 aromatic carbocycles. The van der Waals surface area contributed by atoms with Crippen molar-refractivity contribution in [1.29, 1.82) is 0 Å². The zero-order chi connectivity index (χ0) is 20.8. The number of hydrogen-bond acceptors (Lipinski definition) is 5. The number of hydrogen-bond donors (Lipinski definition) is 2. The highest BCUT2D eigenvalue weighted by Gasteiger charge is 2.31. The molecule has 152 valence electrons. The molecule has 0 aliphatic heterocycles. The van der Waals surface area contributed by atoms with Crippen molar-refractivity contribution in [1.82, 2.24) is 15.0 Å². The Hall–Kier alpha value is -2.66. The minimum Gasteiger partial charge on any atom is -0.406 e. The number of carbonyl (C=O) groups excluding carboxylic acids is 1. The van der Waals surface area contributed by atoms with Crippen molar-refractivity contribution < 1.29 is 31.1 Å². The number of sulfonamides is 1. The molecular formula is C17H18F3N3O4S. The fourth-order valence-electron chi connectivity index (χ4n) is 2.22. The molecule has 1 heterocycles. The van der Waals surface area contributed by atoms with Crippen molar-refractivity contribution in [3.05, 3.63) is 54.4 Å². The Labute approximate surface area is 160 Å². The molecule has 1 unspecified atom stereocenters. The summed E-state index contributed by atoms with van der Waals surface area (Å²) in [7, 11) is -3.98. The average Bonchev–Trinajstić information content (AvgIpc) is 2.61. The zero-order valence-corrected chi connectivity index (χ0v) is 15.5. The van der Waals surface area contributed by atoms with Gasteiger partial charge in [-0.3, -0.25) is 9.78 Å². The van der Waals surface area contributed by atoms with Gasteiger partial charge in [0.2, 0.25) is 15.9 Å². The lowest BCUT2D eigenvalue weighted by Gasteiger charge is -2.13. The predicted octanol–water partition coefficient (Wildman–Crippen LogP) is 2.53. The first-order valence-electron chi connectivity index (χ1n) is 8.12. The third-order valence-electron chi connectivity index (χ3n) is 3.52. The molecule has 0 saturated heterocycles. The molecule has 0 radical (unpaired) electrons. The molecule has 0 aliphatic carbocycles. The van der Waals surface area contributed by atoms with Gasteiger partial charge in [0.05, 0.1) is 16.6 Å². The predicted molar refractivity (Wildman–Crippen MR) is 93.7 cm³/mol. The second-order valence-electron chi connectivity index (χ2n) is 5.71. The van der Waals surface area contributed by atoms with Crippen LogP contribution in [0.4, 0.5) is 13.2 Å². The van der Waals surface area contributed by atoms with Gasteiger partial charge >= 0.3 is 6.36 Å². The molecule has 1 aromatic heterocycles. The second kappa shape index (κ2) is 9.02. The van der Waals surface area contributed by atoms with Crippen LogP contribution in [-0.4, -0.2) is 32.2 Å². The molecule has 11 heteroatoms. The maximum Gasteiger partial charge on any atom is 0.573 e. The molecule has 0 saturated carbocycles. The molecule has 0 aliphatic rings. The zero-order valence-electron chi connectivity index (χ0n) is 14.7. The van der Waals surface area contributed by atoms with Gasteiger partial charge in [-0.2, -0.15) is 0 Å². The molecule has 2 aromatic rings. The van der Waals surface area contributed by atoms with E-state index >= 15 is 0 Å². The topological polar surface area (TPSA) is 97.4 Å². The molecule has 1 atom stereocenters. The van der Waals surface area contributed by atoms with Crippen molar-refractivity contribution in [2.24, 2.45) is 0 Å².